The van der Waals surface area contributed by atoms with Crippen LogP contribution in [0.5, 0.6) is 5.75 Å². The molecule has 6 nitrogen and oxygen atoms in total. The summed E-state index contributed by atoms with van der Waals surface area (Å²) < 4.78 is 24.2. The van der Waals surface area contributed by atoms with E-state index in [2.05, 4.69) is 13.8 Å². The van der Waals surface area contributed by atoms with Crippen molar-refractivity contribution in [3.63, 3.8) is 0 Å². The van der Waals surface area contributed by atoms with Gasteiger partial charge in [0, 0.05) is 25.1 Å². The summed E-state index contributed by atoms with van der Waals surface area (Å²) in [6.07, 6.45) is 1.70. The third-order valence-electron chi connectivity index (χ3n) is 5.81. The number of halogens is 1. The summed E-state index contributed by atoms with van der Waals surface area (Å²) in [7, 11) is 1.48. The number of hydrogen-bond donors (Lipinski definition) is 0. The van der Waals surface area contributed by atoms with Gasteiger partial charge in [0.2, 0.25) is 11.8 Å². The van der Waals surface area contributed by atoms with Crippen LogP contribution >= 0.6 is 11.3 Å². The van der Waals surface area contributed by atoms with E-state index in [1.165, 1.54) is 24.1 Å². The van der Waals surface area contributed by atoms with Gasteiger partial charge in [-0.25, -0.2) is 4.39 Å². The van der Waals surface area contributed by atoms with Gasteiger partial charge in [0.05, 0.1) is 12.6 Å². The Labute approximate surface area is 192 Å². The molecule has 2 unspecified atom stereocenters. The number of carbonyl (C=O) groups is 2. The summed E-state index contributed by atoms with van der Waals surface area (Å²) in [5.41, 5.74) is 1.08. The van der Waals surface area contributed by atoms with Crippen molar-refractivity contribution in [1.82, 2.24) is 9.80 Å². The fraction of sp³-hybridized carbons (Fsp3) is 0.500. The van der Waals surface area contributed by atoms with Crippen LogP contribution in [0.4, 0.5) is 4.39 Å². The second-order valence-electron chi connectivity index (χ2n) is 8.14. The lowest BCUT2D eigenvalue weighted by atomic mass is 10.00. The zero-order chi connectivity index (χ0) is 23.1. The standard InChI is InChI=1S/C24H31FN2O4S/c1-4-17(2)13-26(24(29)16-30-3)14-23(28)27-11-9-22-20(10-12-32-22)21(27)15-31-19-7-5-18(25)6-8-19/h5-8,10,12,17,21H,4,9,11,13-16H2,1-3H3. The molecule has 174 valence electrons. The van der Waals surface area contributed by atoms with Crippen LogP contribution in [0.25, 0.3) is 0 Å². The van der Waals surface area contributed by atoms with E-state index in [1.54, 1.807) is 28.4 Å². The molecule has 0 N–H and O–H groups in total. The predicted molar refractivity (Wildman–Crippen MR) is 122 cm³/mol. The van der Waals surface area contributed by atoms with Crippen LogP contribution in [-0.4, -0.2) is 61.6 Å². The van der Waals surface area contributed by atoms with E-state index in [9.17, 15) is 14.0 Å². The minimum atomic E-state index is -0.325. The molecule has 2 aromatic rings. The molecule has 1 aromatic carbocycles. The first-order valence-corrected chi connectivity index (χ1v) is 11.8. The molecule has 0 bridgehead atoms. The van der Waals surface area contributed by atoms with Crippen LogP contribution < -0.4 is 4.74 Å². The highest BCUT2D eigenvalue weighted by atomic mass is 32.1. The topological polar surface area (TPSA) is 59.1 Å². The summed E-state index contributed by atoms with van der Waals surface area (Å²) in [6.45, 7) is 5.44. The van der Waals surface area contributed by atoms with Crippen LogP contribution in [0.3, 0.4) is 0 Å². The zero-order valence-corrected chi connectivity index (χ0v) is 19.7. The summed E-state index contributed by atoms with van der Waals surface area (Å²) >= 11 is 1.68. The minimum Gasteiger partial charge on any atom is -0.491 e. The first-order valence-electron chi connectivity index (χ1n) is 10.9. The Kier molecular flexibility index (Phi) is 8.64. The molecule has 0 radical (unpaired) electrons. The molecule has 2 heterocycles. The van der Waals surface area contributed by atoms with Crippen LogP contribution in [0.2, 0.25) is 0 Å². The van der Waals surface area contributed by atoms with Gasteiger partial charge in [-0.05, 0) is 53.6 Å². The normalized spacial score (nSPS) is 16.4. The third-order valence-corrected chi connectivity index (χ3v) is 6.81. The molecule has 32 heavy (non-hydrogen) atoms. The van der Waals surface area contributed by atoms with Crippen molar-refractivity contribution in [2.45, 2.75) is 32.7 Å². The molecule has 0 saturated carbocycles. The number of benzene rings is 1. The molecular weight excluding hydrogens is 431 g/mol. The monoisotopic (exact) mass is 462 g/mol. The van der Waals surface area contributed by atoms with Crippen molar-refractivity contribution in [2.75, 3.05) is 40.0 Å². The summed E-state index contributed by atoms with van der Waals surface area (Å²) in [5.74, 6) is 0.214. The van der Waals surface area contributed by atoms with Gasteiger partial charge < -0.3 is 19.3 Å². The smallest absolute Gasteiger partial charge is 0.249 e. The molecule has 8 heteroatoms. The third kappa shape index (κ3) is 6.07. The summed E-state index contributed by atoms with van der Waals surface area (Å²) in [6, 6.07) is 7.63. The molecule has 2 atom stereocenters. The average Bonchev–Trinajstić information content (AvgIpc) is 3.27. The molecular formula is C24H31FN2O4S. The highest BCUT2D eigenvalue weighted by Crippen LogP contribution is 2.34. The van der Waals surface area contributed by atoms with E-state index in [-0.39, 0.29) is 49.3 Å². The maximum absolute atomic E-state index is 13.4. The number of nitrogens with zero attached hydrogens (tertiary/aromatic N) is 2. The van der Waals surface area contributed by atoms with E-state index < -0.39 is 0 Å². The van der Waals surface area contributed by atoms with Gasteiger partial charge in [-0.15, -0.1) is 11.3 Å². The molecule has 0 fully saturated rings. The number of rotatable bonds is 10. The molecule has 1 aromatic heterocycles. The molecule has 3 rings (SSSR count). The Hall–Kier alpha value is -2.45. The van der Waals surface area contributed by atoms with E-state index >= 15 is 0 Å². The zero-order valence-electron chi connectivity index (χ0n) is 18.9. The molecule has 0 spiro atoms. The largest absolute Gasteiger partial charge is 0.491 e. The number of thiophene rings is 1. The number of hydrogen-bond acceptors (Lipinski definition) is 5. The minimum absolute atomic E-state index is 0.0129. The van der Waals surface area contributed by atoms with Gasteiger partial charge in [0.25, 0.3) is 0 Å². The lowest BCUT2D eigenvalue weighted by Crippen LogP contribution is -2.49. The summed E-state index contributed by atoms with van der Waals surface area (Å²) in [4.78, 5) is 30.6. The lowest BCUT2D eigenvalue weighted by Gasteiger charge is -2.37. The summed E-state index contributed by atoms with van der Waals surface area (Å²) in [5, 5.41) is 2.03. The van der Waals surface area contributed by atoms with Gasteiger partial charge in [-0.3, -0.25) is 9.59 Å². The highest BCUT2D eigenvalue weighted by Gasteiger charge is 2.33. The van der Waals surface area contributed by atoms with Crippen molar-refractivity contribution >= 4 is 23.2 Å². The quantitative estimate of drug-likeness (QED) is 0.537. The average molecular weight is 463 g/mol. The van der Waals surface area contributed by atoms with Crippen molar-refractivity contribution in [3.8, 4) is 5.75 Å². The van der Waals surface area contributed by atoms with Crippen molar-refractivity contribution in [1.29, 1.82) is 0 Å². The Morgan fingerprint density at radius 2 is 2.03 bits per heavy atom. The fourth-order valence-corrected chi connectivity index (χ4v) is 4.74. The maximum atomic E-state index is 13.4. The Balaban J connectivity index is 1.75. The van der Waals surface area contributed by atoms with Crippen LogP contribution in [0.15, 0.2) is 35.7 Å². The van der Waals surface area contributed by atoms with E-state index in [1.807, 2.05) is 16.3 Å². The molecule has 1 aliphatic rings. The first-order chi connectivity index (χ1) is 15.4. The second-order valence-corrected chi connectivity index (χ2v) is 9.14. The van der Waals surface area contributed by atoms with Gasteiger partial charge in [-0.1, -0.05) is 20.3 Å². The van der Waals surface area contributed by atoms with Gasteiger partial charge in [0.1, 0.15) is 24.8 Å². The number of carbonyl (C=O) groups excluding carboxylic acids is 2. The lowest BCUT2D eigenvalue weighted by molar-refractivity contribution is -0.145. The van der Waals surface area contributed by atoms with Gasteiger partial charge >= 0.3 is 0 Å². The first kappa shape index (κ1) is 24.2. The molecule has 0 aliphatic carbocycles. The molecule has 2 amide bonds. The van der Waals surface area contributed by atoms with E-state index in [0.717, 1.165) is 18.4 Å². The van der Waals surface area contributed by atoms with Gasteiger partial charge in [-0.2, -0.15) is 0 Å². The van der Waals surface area contributed by atoms with Crippen molar-refractivity contribution in [2.24, 2.45) is 5.92 Å². The van der Waals surface area contributed by atoms with E-state index in [4.69, 9.17) is 9.47 Å². The fourth-order valence-electron chi connectivity index (χ4n) is 3.81. The number of amides is 2. The predicted octanol–water partition coefficient (Wildman–Crippen LogP) is 3.91. The van der Waals surface area contributed by atoms with Crippen LogP contribution in [-0.2, 0) is 20.7 Å². The Morgan fingerprint density at radius 1 is 1.28 bits per heavy atom. The van der Waals surface area contributed by atoms with Crippen molar-refractivity contribution in [3.05, 3.63) is 52.0 Å². The van der Waals surface area contributed by atoms with Crippen LogP contribution in [0.1, 0.15) is 36.8 Å². The second kappa shape index (κ2) is 11.4. The number of methoxy groups -OCH3 is 1. The van der Waals surface area contributed by atoms with Crippen molar-refractivity contribution < 1.29 is 23.5 Å². The molecule has 1 aliphatic heterocycles. The number of ether oxygens (including phenoxy) is 2. The molecule has 0 saturated heterocycles. The Bertz CT molecular complexity index is 902. The van der Waals surface area contributed by atoms with Gasteiger partial charge in [0.15, 0.2) is 0 Å². The maximum Gasteiger partial charge on any atom is 0.249 e. The highest BCUT2D eigenvalue weighted by molar-refractivity contribution is 7.10. The van der Waals surface area contributed by atoms with Crippen LogP contribution in [0, 0.1) is 11.7 Å². The Morgan fingerprint density at radius 3 is 2.72 bits per heavy atom. The SMILES string of the molecule is CCC(C)CN(CC(=O)N1CCc2sccc2C1COc1ccc(F)cc1)C(=O)COC. The van der Waals surface area contributed by atoms with E-state index in [0.29, 0.717) is 18.8 Å². The number of fused-ring (bicyclic) bond motifs is 1.